The van der Waals surface area contributed by atoms with Gasteiger partial charge in [-0.3, -0.25) is 9.52 Å². The molecule has 1 aliphatic rings. The van der Waals surface area contributed by atoms with E-state index in [2.05, 4.69) is 26.6 Å². The van der Waals surface area contributed by atoms with Crippen LogP contribution in [-0.2, 0) is 10.0 Å². The highest BCUT2D eigenvalue weighted by atomic mass is 35.5. The lowest BCUT2D eigenvalue weighted by molar-refractivity contribution is 0.103. The Morgan fingerprint density at radius 2 is 1.65 bits per heavy atom. The monoisotopic (exact) mass is 498 g/mol. The maximum atomic E-state index is 12.9. The lowest BCUT2D eigenvalue weighted by atomic mass is 9.90. The molecule has 174 valence electrons. The summed E-state index contributed by atoms with van der Waals surface area (Å²) in [5, 5.41) is 3.18. The predicted molar refractivity (Wildman–Crippen MR) is 129 cm³/mol. The van der Waals surface area contributed by atoms with Crippen molar-refractivity contribution in [1.82, 2.24) is 9.97 Å². The SMILES string of the molecule is C=C1C(Cl)=C(Nc2ccc(S(=O)(=O)Nc3cc(OC)nc(OC)n3)cc2)C(=O)c2ccccc21. The molecule has 0 amide bonds. The lowest BCUT2D eigenvalue weighted by Crippen LogP contribution is -2.19. The Labute approximate surface area is 201 Å². The normalized spacial score (nSPS) is 13.4. The number of nitrogens with one attached hydrogen (secondary N) is 2. The van der Waals surface area contributed by atoms with Gasteiger partial charge in [0, 0.05) is 17.3 Å². The first-order chi connectivity index (χ1) is 16.2. The van der Waals surface area contributed by atoms with Crippen molar-refractivity contribution in [2.45, 2.75) is 4.90 Å². The molecule has 0 unspecified atom stereocenters. The summed E-state index contributed by atoms with van der Waals surface area (Å²) in [5.74, 6) is -0.166. The van der Waals surface area contributed by atoms with Crippen LogP contribution >= 0.6 is 11.6 Å². The average molecular weight is 499 g/mol. The standard InChI is InChI=1S/C23H19ClN4O5S/c1-13-16-6-4-5-7-17(16)22(29)21(20(13)24)25-14-8-10-15(11-9-14)34(30,31)28-18-12-19(32-2)27-23(26-18)33-3/h4-12,25H,1H2,2-3H3,(H,26,27,28). The van der Waals surface area contributed by atoms with Gasteiger partial charge in [-0.2, -0.15) is 9.97 Å². The zero-order valence-electron chi connectivity index (χ0n) is 18.1. The molecule has 1 aromatic heterocycles. The zero-order valence-corrected chi connectivity index (χ0v) is 19.7. The highest BCUT2D eigenvalue weighted by Gasteiger charge is 2.28. The molecule has 0 saturated heterocycles. The number of aromatic nitrogens is 2. The first-order valence-corrected chi connectivity index (χ1v) is 11.7. The number of sulfonamides is 1. The summed E-state index contributed by atoms with van der Waals surface area (Å²) in [6.07, 6.45) is 0. The smallest absolute Gasteiger partial charge is 0.321 e. The van der Waals surface area contributed by atoms with Gasteiger partial charge in [0.25, 0.3) is 10.0 Å². The maximum absolute atomic E-state index is 12.9. The first kappa shape index (κ1) is 23.3. The molecule has 0 aliphatic heterocycles. The molecule has 0 fully saturated rings. The minimum absolute atomic E-state index is 0.0205. The van der Waals surface area contributed by atoms with Crippen LogP contribution in [0.3, 0.4) is 0 Å². The van der Waals surface area contributed by atoms with Crippen molar-refractivity contribution in [2.75, 3.05) is 24.3 Å². The van der Waals surface area contributed by atoms with Crippen LogP contribution in [0.25, 0.3) is 5.57 Å². The third-order valence-corrected chi connectivity index (χ3v) is 6.74. The van der Waals surface area contributed by atoms with Crippen LogP contribution in [0.4, 0.5) is 11.5 Å². The Bertz CT molecular complexity index is 1410. The van der Waals surface area contributed by atoms with Gasteiger partial charge in [-0.1, -0.05) is 42.4 Å². The Kier molecular flexibility index (Phi) is 6.27. The number of ether oxygens (including phenoxy) is 2. The number of nitrogens with zero attached hydrogens (tertiary/aromatic N) is 2. The van der Waals surface area contributed by atoms with Gasteiger partial charge in [0.1, 0.15) is 5.70 Å². The average Bonchev–Trinajstić information content (AvgIpc) is 2.85. The van der Waals surface area contributed by atoms with Gasteiger partial charge in [-0.05, 0) is 35.4 Å². The van der Waals surface area contributed by atoms with E-state index in [1.54, 1.807) is 24.3 Å². The number of Topliss-reactive ketones (excluding diaryl/α,β-unsaturated/α-hetero) is 1. The Morgan fingerprint density at radius 3 is 2.29 bits per heavy atom. The number of hydrogen-bond donors (Lipinski definition) is 2. The number of fused-ring (bicyclic) bond motifs is 1. The number of allylic oxidation sites excluding steroid dienone is 3. The Morgan fingerprint density at radius 1 is 0.971 bits per heavy atom. The number of methoxy groups -OCH3 is 2. The molecule has 0 radical (unpaired) electrons. The second-order valence-corrected chi connectivity index (χ2v) is 9.14. The summed E-state index contributed by atoms with van der Waals surface area (Å²) < 4.78 is 38.0. The third-order valence-electron chi connectivity index (χ3n) is 4.96. The summed E-state index contributed by atoms with van der Waals surface area (Å²) in [6, 6.07) is 14.1. The summed E-state index contributed by atoms with van der Waals surface area (Å²) in [4.78, 5) is 20.8. The highest BCUT2D eigenvalue weighted by Crippen LogP contribution is 2.36. The largest absolute Gasteiger partial charge is 0.481 e. The predicted octanol–water partition coefficient (Wildman–Crippen LogP) is 4.07. The van der Waals surface area contributed by atoms with Crippen LogP contribution in [0.2, 0.25) is 0 Å². The van der Waals surface area contributed by atoms with Gasteiger partial charge in [0.15, 0.2) is 5.82 Å². The summed E-state index contributed by atoms with van der Waals surface area (Å²) in [5.41, 5.74) is 2.32. The van der Waals surface area contributed by atoms with Crippen LogP contribution in [0.1, 0.15) is 15.9 Å². The molecule has 1 aliphatic carbocycles. The van der Waals surface area contributed by atoms with E-state index in [0.29, 0.717) is 22.4 Å². The van der Waals surface area contributed by atoms with Crippen LogP contribution in [0.5, 0.6) is 11.9 Å². The van der Waals surface area contributed by atoms with Gasteiger partial charge in [-0.25, -0.2) is 8.42 Å². The number of benzene rings is 2. The number of rotatable bonds is 7. The van der Waals surface area contributed by atoms with E-state index in [1.165, 1.54) is 44.6 Å². The number of halogens is 1. The fourth-order valence-corrected chi connectivity index (χ4v) is 4.50. The minimum Gasteiger partial charge on any atom is -0.481 e. The van der Waals surface area contributed by atoms with Crippen molar-refractivity contribution < 1.29 is 22.7 Å². The van der Waals surface area contributed by atoms with E-state index in [0.717, 1.165) is 0 Å². The highest BCUT2D eigenvalue weighted by molar-refractivity contribution is 7.92. The van der Waals surface area contributed by atoms with Crippen LogP contribution in [0.15, 0.2) is 76.8 Å². The lowest BCUT2D eigenvalue weighted by Gasteiger charge is -2.21. The van der Waals surface area contributed by atoms with Gasteiger partial charge >= 0.3 is 6.01 Å². The topological polar surface area (TPSA) is 120 Å². The van der Waals surface area contributed by atoms with Crippen molar-refractivity contribution in [3.63, 3.8) is 0 Å². The number of ketones is 1. The van der Waals surface area contributed by atoms with Crippen LogP contribution in [0, 0.1) is 0 Å². The van der Waals surface area contributed by atoms with Gasteiger partial charge in [0.05, 0.1) is 24.1 Å². The van der Waals surface area contributed by atoms with E-state index in [4.69, 9.17) is 21.1 Å². The van der Waals surface area contributed by atoms with Gasteiger partial charge < -0.3 is 14.8 Å². The zero-order chi connectivity index (χ0) is 24.5. The summed E-state index contributed by atoms with van der Waals surface area (Å²) in [7, 11) is -1.24. The van der Waals surface area contributed by atoms with Gasteiger partial charge in [-0.15, -0.1) is 0 Å². The van der Waals surface area contributed by atoms with Crippen molar-refractivity contribution in [1.29, 1.82) is 0 Å². The second kappa shape index (κ2) is 9.16. The Hall–Kier alpha value is -3.89. The molecule has 1 heterocycles. The van der Waals surface area contributed by atoms with Crippen LogP contribution < -0.4 is 19.5 Å². The number of carbonyl (C=O) groups is 1. The van der Waals surface area contributed by atoms with Crippen molar-refractivity contribution in [3.05, 3.63) is 83.0 Å². The number of hydrogen-bond acceptors (Lipinski definition) is 8. The van der Waals surface area contributed by atoms with Crippen molar-refractivity contribution >= 4 is 44.5 Å². The fourth-order valence-electron chi connectivity index (χ4n) is 3.27. The summed E-state index contributed by atoms with van der Waals surface area (Å²) >= 11 is 6.41. The third kappa shape index (κ3) is 4.45. The van der Waals surface area contributed by atoms with Crippen LogP contribution in [-0.4, -0.2) is 38.4 Å². The molecule has 9 nitrogen and oxygen atoms in total. The Balaban J connectivity index is 1.56. The molecule has 0 spiro atoms. The molecule has 34 heavy (non-hydrogen) atoms. The molecular weight excluding hydrogens is 480 g/mol. The molecule has 0 atom stereocenters. The van der Waals surface area contributed by atoms with E-state index in [-0.39, 0.29) is 39.1 Å². The van der Waals surface area contributed by atoms with Gasteiger partial charge in [0.2, 0.25) is 11.7 Å². The molecule has 3 aromatic rings. The molecule has 0 bridgehead atoms. The summed E-state index contributed by atoms with van der Waals surface area (Å²) in [6.45, 7) is 3.98. The van der Waals surface area contributed by atoms with E-state index >= 15 is 0 Å². The molecular formula is C23H19ClN4O5S. The van der Waals surface area contributed by atoms with E-state index in [9.17, 15) is 13.2 Å². The molecule has 11 heteroatoms. The first-order valence-electron chi connectivity index (χ1n) is 9.83. The van der Waals surface area contributed by atoms with Crippen molar-refractivity contribution in [3.8, 4) is 11.9 Å². The molecule has 4 rings (SSSR count). The van der Waals surface area contributed by atoms with E-state index in [1.807, 2.05) is 0 Å². The molecule has 0 saturated carbocycles. The molecule has 2 aromatic carbocycles. The number of anilines is 2. The fraction of sp³-hybridized carbons (Fsp3) is 0.0870. The van der Waals surface area contributed by atoms with E-state index < -0.39 is 10.0 Å². The molecule has 2 N–H and O–H groups in total. The minimum atomic E-state index is -3.98. The quantitative estimate of drug-likeness (QED) is 0.500. The maximum Gasteiger partial charge on any atom is 0.321 e. The number of carbonyl (C=O) groups excluding carboxylic acids is 1. The van der Waals surface area contributed by atoms with Crippen molar-refractivity contribution in [2.24, 2.45) is 0 Å². The second-order valence-electron chi connectivity index (χ2n) is 7.08.